The largest absolute Gasteiger partial charge is 0.369 e. The van der Waals surface area contributed by atoms with Crippen LogP contribution in [0.1, 0.15) is 38.7 Å². The molecule has 0 heterocycles. The molecule has 0 radical (unpaired) electrons. The molecular formula is C16H25N3O2. The number of benzene rings is 1. The van der Waals surface area contributed by atoms with Crippen LogP contribution in [-0.4, -0.2) is 18.4 Å². The number of rotatable bonds is 8. The first kappa shape index (κ1) is 17.2. The Morgan fingerprint density at radius 2 is 1.76 bits per heavy atom. The van der Waals surface area contributed by atoms with Gasteiger partial charge in [-0.2, -0.15) is 0 Å². The van der Waals surface area contributed by atoms with Crippen LogP contribution in [0.5, 0.6) is 0 Å². The molecule has 0 atom stereocenters. The van der Waals surface area contributed by atoms with Crippen molar-refractivity contribution in [3.8, 4) is 0 Å². The average Bonchev–Trinajstić information content (AvgIpc) is 2.38. The number of primary amides is 1. The Morgan fingerprint density at radius 3 is 2.29 bits per heavy atom. The van der Waals surface area contributed by atoms with E-state index in [9.17, 15) is 9.59 Å². The monoisotopic (exact) mass is 291 g/mol. The highest BCUT2D eigenvalue weighted by atomic mass is 16.1. The van der Waals surface area contributed by atoms with Crippen molar-refractivity contribution >= 4 is 17.5 Å². The fraction of sp³-hybridized carbons (Fsp3) is 0.500. The van der Waals surface area contributed by atoms with Gasteiger partial charge in [-0.3, -0.25) is 9.59 Å². The zero-order valence-electron chi connectivity index (χ0n) is 12.8. The summed E-state index contributed by atoms with van der Waals surface area (Å²) in [6.45, 7) is 4.87. The second kappa shape index (κ2) is 7.78. The highest BCUT2D eigenvalue weighted by molar-refractivity contribution is 5.90. The van der Waals surface area contributed by atoms with Crippen LogP contribution in [-0.2, 0) is 16.0 Å². The normalized spacial score (nSPS) is 11.2. The first-order valence-electron chi connectivity index (χ1n) is 7.19. The summed E-state index contributed by atoms with van der Waals surface area (Å²) in [6, 6.07) is 7.14. The minimum Gasteiger partial charge on any atom is -0.369 e. The minimum atomic E-state index is -0.367. The highest BCUT2D eigenvalue weighted by Crippen LogP contribution is 2.26. The topological polar surface area (TPSA) is 98.2 Å². The van der Waals surface area contributed by atoms with Gasteiger partial charge in [0, 0.05) is 12.1 Å². The smallest absolute Gasteiger partial charge is 0.224 e. The summed E-state index contributed by atoms with van der Waals surface area (Å²) in [5.41, 5.74) is 12.3. The Labute approximate surface area is 126 Å². The van der Waals surface area contributed by atoms with Crippen molar-refractivity contribution in [3.05, 3.63) is 29.8 Å². The zero-order chi connectivity index (χ0) is 15.9. The maximum absolute atomic E-state index is 11.9. The predicted octanol–water partition coefficient (Wildman–Crippen LogP) is 1.81. The molecule has 0 bridgehead atoms. The van der Waals surface area contributed by atoms with Crippen LogP contribution in [0.4, 0.5) is 5.69 Å². The molecule has 5 heteroatoms. The molecule has 0 spiro atoms. The Balaban J connectivity index is 2.46. The number of nitrogens with one attached hydrogen (secondary N) is 1. The van der Waals surface area contributed by atoms with Crippen molar-refractivity contribution in [3.63, 3.8) is 0 Å². The van der Waals surface area contributed by atoms with E-state index in [0.717, 1.165) is 24.1 Å². The van der Waals surface area contributed by atoms with Gasteiger partial charge in [-0.15, -0.1) is 0 Å². The van der Waals surface area contributed by atoms with Gasteiger partial charge in [0.15, 0.2) is 0 Å². The maximum Gasteiger partial charge on any atom is 0.224 e. The van der Waals surface area contributed by atoms with Gasteiger partial charge in [0.05, 0.1) is 6.42 Å². The molecule has 0 saturated carbocycles. The van der Waals surface area contributed by atoms with Gasteiger partial charge in [0.2, 0.25) is 11.8 Å². The number of amides is 2. The lowest BCUT2D eigenvalue weighted by Gasteiger charge is -2.23. The highest BCUT2D eigenvalue weighted by Gasteiger charge is 2.18. The van der Waals surface area contributed by atoms with Crippen molar-refractivity contribution in [2.75, 3.05) is 11.9 Å². The quantitative estimate of drug-likeness (QED) is 0.681. The summed E-state index contributed by atoms with van der Waals surface area (Å²) in [7, 11) is 0. The SMILES string of the molecule is CC(C)(CCN)CCC(=O)Nc1ccc(CC(N)=O)cc1. The van der Waals surface area contributed by atoms with Crippen molar-refractivity contribution in [1.29, 1.82) is 0 Å². The number of anilines is 1. The fourth-order valence-electron chi connectivity index (χ4n) is 2.10. The zero-order valence-corrected chi connectivity index (χ0v) is 12.8. The van der Waals surface area contributed by atoms with Crippen LogP contribution in [0.2, 0.25) is 0 Å². The van der Waals surface area contributed by atoms with Crippen LogP contribution in [0.15, 0.2) is 24.3 Å². The summed E-state index contributed by atoms with van der Waals surface area (Å²) in [4.78, 5) is 22.7. The molecule has 1 rings (SSSR count). The van der Waals surface area contributed by atoms with Crippen LogP contribution in [0.25, 0.3) is 0 Å². The van der Waals surface area contributed by atoms with Crippen molar-refractivity contribution in [2.45, 2.75) is 39.5 Å². The van der Waals surface area contributed by atoms with Gasteiger partial charge < -0.3 is 16.8 Å². The molecule has 5 nitrogen and oxygen atoms in total. The predicted molar refractivity (Wildman–Crippen MR) is 84.7 cm³/mol. The lowest BCUT2D eigenvalue weighted by molar-refractivity contribution is -0.118. The standard InChI is InChI=1S/C16H25N3O2/c1-16(2,9-10-17)8-7-15(21)19-13-5-3-12(4-6-13)11-14(18)20/h3-6H,7-11,17H2,1-2H3,(H2,18,20)(H,19,21). The number of carbonyl (C=O) groups excluding carboxylic acids is 2. The summed E-state index contributed by atoms with van der Waals surface area (Å²) < 4.78 is 0. The molecule has 0 fully saturated rings. The number of hydrogen-bond acceptors (Lipinski definition) is 3. The summed E-state index contributed by atoms with van der Waals surface area (Å²) in [6.07, 6.45) is 2.38. The van der Waals surface area contributed by atoms with Crippen molar-refractivity contribution in [2.24, 2.45) is 16.9 Å². The van der Waals surface area contributed by atoms with Gasteiger partial charge in [0.1, 0.15) is 0 Å². The van der Waals surface area contributed by atoms with Crippen LogP contribution in [0.3, 0.4) is 0 Å². The Morgan fingerprint density at radius 1 is 1.14 bits per heavy atom. The van der Waals surface area contributed by atoms with Crippen LogP contribution < -0.4 is 16.8 Å². The Hall–Kier alpha value is -1.88. The van der Waals surface area contributed by atoms with E-state index in [1.807, 2.05) is 0 Å². The summed E-state index contributed by atoms with van der Waals surface area (Å²) in [5, 5.41) is 2.85. The second-order valence-corrected chi connectivity index (χ2v) is 6.09. The molecule has 0 unspecified atom stereocenters. The summed E-state index contributed by atoms with van der Waals surface area (Å²) in [5.74, 6) is -0.378. The van der Waals surface area contributed by atoms with Gasteiger partial charge in [-0.1, -0.05) is 26.0 Å². The van der Waals surface area contributed by atoms with Gasteiger partial charge in [0.25, 0.3) is 0 Å². The average molecular weight is 291 g/mol. The van der Waals surface area contributed by atoms with E-state index < -0.39 is 0 Å². The molecule has 2 amide bonds. The van der Waals surface area contributed by atoms with E-state index >= 15 is 0 Å². The minimum absolute atomic E-state index is 0.0113. The van der Waals surface area contributed by atoms with E-state index in [2.05, 4.69) is 19.2 Å². The molecular weight excluding hydrogens is 266 g/mol. The first-order chi connectivity index (χ1) is 9.82. The molecule has 0 aliphatic carbocycles. The van der Waals surface area contributed by atoms with Crippen LogP contribution >= 0.6 is 0 Å². The third-order valence-electron chi connectivity index (χ3n) is 3.47. The Kier molecular flexibility index (Phi) is 6.37. The summed E-state index contributed by atoms with van der Waals surface area (Å²) >= 11 is 0. The van der Waals surface area contributed by atoms with Gasteiger partial charge in [-0.05, 0) is 42.5 Å². The number of carbonyl (C=O) groups is 2. The molecule has 1 aromatic carbocycles. The third-order valence-corrected chi connectivity index (χ3v) is 3.47. The molecule has 21 heavy (non-hydrogen) atoms. The van der Waals surface area contributed by atoms with E-state index in [-0.39, 0.29) is 23.7 Å². The number of hydrogen-bond donors (Lipinski definition) is 3. The maximum atomic E-state index is 11.9. The van der Waals surface area contributed by atoms with Gasteiger partial charge >= 0.3 is 0 Å². The molecule has 0 saturated heterocycles. The molecule has 0 aromatic heterocycles. The molecule has 5 N–H and O–H groups in total. The second-order valence-electron chi connectivity index (χ2n) is 6.09. The molecule has 1 aromatic rings. The van der Waals surface area contributed by atoms with E-state index in [0.29, 0.717) is 13.0 Å². The van der Waals surface area contributed by atoms with E-state index in [1.54, 1.807) is 24.3 Å². The number of nitrogens with two attached hydrogens (primary N) is 2. The fourth-order valence-corrected chi connectivity index (χ4v) is 2.10. The van der Waals surface area contributed by atoms with Gasteiger partial charge in [-0.25, -0.2) is 0 Å². The lowest BCUT2D eigenvalue weighted by atomic mass is 9.84. The molecule has 0 aliphatic heterocycles. The van der Waals surface area contributed by atoms with Crippen molar-refractivity contribution < 1.29 is 9.59 Å². The lowest BCUT2D eigenvalue weighted by Crippen LogP contribution is -2.20. The first-order valence-corrected chi connectivity index (χ1v) is 7.19. The van der Waals surface area contributed by atoms with Crippen LogP contribution in [0, 0.1) is 5.41 Å². The third kappa shape index (κ3) is 6.90. The van der Waals surface area contributed by atoms with Crippen molar-refractivity contribution in [1.82, 2.24) is 0 Å². The molecule has 0 aliphatic rings. The molecule has 116 valence electrons. The van der Waals surface area contributed by atoms with E-state index in [1.165, 1.54) is 0 Å². The Bertz CT molecular complexity index is 481. The van der Waals surface area contributed by atoms with E-state index in [4.69, 9.17) is 11.5 Å².